The zero-order valence-electron chi connectivity index (χ0n) is 14.7. The molecule has 0 aliphatic carbocycles. The second kappa shape index (κ2) is 8.27. The molecule has 132 valence electrons. The third kappa shape index (κ3) is 4.78. The average Bonchev–Trinajstić information content (AvgIpc) is 2.54. The Balaban J connectivity index is 1.98. The Kier molecular flexibility index (Phi) is 6.62. The first kappa shape index (κ1) is 18.4. The summed E-state index contributed by atoms with van der Waals surface area (Å²) in [4.78, 5) is 16.7. The predicted molar refractivity (Wildman–Crippen MR) is 91.2 cm³/mol. The number of aliphatic hydroxyl groups is 1. The van der Waals surface area contributed by atoms with Crippen LogP contribution in [0, 0.1) is 5.41 Å². The lowest BCUT2D eigenvalue weighted by Crippen LogP contribution is -2.60. The fraction of sp³-hybridized carbons (Fsp3) is 0.833. The fourth-order valence-electron chi connectivity index (χ4n) is 3.81. The maximum atomic E-state index is 12.4. The molecule has 2 saturated heterocycles. The van der Waals surface area contributed by atoms with E-state index in [2.05, 4.69) is 11.5 Å². The lowest BCUT2D eigenvalue weighted by Gasteiger charge is -2.51. The van der Waals surface area contributed by atoms with Gasteiger partial charge < -0.3 is 19.6 Å². The molecule has 1 N–H and O–H groups in total. The van der Waals surface area contributed by atoms with Crippen LogP contribution in [0.15, 0.2) is 12.7 Å². The van der Waals surface area contributed by atoms with E-state index in [1.165, 1.54) is 0 Å². The minimum absolute atomic E-state index is 0.0492. The molecule has 0 aromatic carbocycles. The molecule has 2 atom stereocenters. The Morgan fingerprint density at radius 3 is 2.91 bits per heavy atom. The van der Waals surface area contributed by atoms with Crippen LogP contribution in [0.1, 0.15) is 39.5 Å². The number of aliphatic hydroxyl groups excluding tert-OH is 1. The fourth-order valence-corrected chi connectivity index (χ4v) is 3.81. The second-order valence-electron chi connectivity index (χ2n) is 7.30. The third-order valence-corrected chi connectivity index (χ3v) is 5.11. The van der Waals surface area contributed by atoms with Gasteiger partial charge in [0.25, 0.3) is 0 Å². The topological polar surface area (TPSA) is 53.0 Å². The third-order valence-electron chi connectivity index (χ3n) is 5.11. The number of hydrogen-bond acceptors (Lipinski definition) is 4. The summed E-state index contributed by atoms with van der Waals surface area (Å²) in [5.41, 5.74) is -0.175. The van der Waals surface area contributed by atoms with Gasteiger partial charge in [-0.3, -0.25) is 4.79 Å². The molecule has 5 heteroatoms. The number of piperidine rings is 2. The number of rotatable bonds is 6. The molecule has 2 aliphatic heterocycles. The molecular formula is C18H32N2O3. The first-order chi connectivity index (χ1) is 11.0. The van der Waals surface area contributed by atoms with Crippen molar-refractivity contribution >= 4 is 5.91 Å². The van der Waals surface area contributed by atoms with Crippen LogP contribution in [0.5, 0.6) is 0 Å². The van der Waals surface area contributed by atoms with Crippen molar-refractivity contribution in [2.45, 2.75) is 51.7 Å². The van der Waals surface area contributed by atoms with Crippen molar-refractivity contribution in [3.63, 3.8) is 0 Å². The lowest BCUT2D eigenvalue weighted by molar-refractivity contribution is -0.147. The number of amides is 1. The summed E-state index contributed by atoms with van der Waals surface area (Å²) in [6.45, 7) is 12.0. The van der Waals surface area contributed by atoms with Crippen molar-refractivity contribution in [2.24, 2.45) is 5.41 Å². The van der Waals surface area contributed by atoms with Crippen molar-refractivity contribution in [1.29, 1.82) is 0 Å². The molecule has 2 heterocycles. The molecule has 0 aromatic rings. The highest BCUT2D eigenvalue weighted by Gasteiger charge is 2.46. The van der Waals surface area contributed by atoms with Crippen LogP contribution in [0.2, 0.25) is 0 Å². The molecule has 23 heavy (non-hydrogen) atoms. The number of carbonyl (C=O) groups excluding carboxylic acids is 1. The zero-order chi connectivity index (χ0) is 16.9. The molecular weight excluding hydrogens is 292 g/mol. The molecule has 5 nitrogen and oxygen atoms in total. The molecule has 0 bridgehead atoms. The predicted octanol–water partition coefficient (Wildman–Crippen LogP) is 1.66. The minimum Gasteiger partial charge on any atom is -0.392 e. The van der Waals surface area contributed by atoms with Crippen LogP contribution in [-0.2, 0) is 9.53 Å². The van der Waals surface area contributed by atoms with E-state index in [4.69, 9.17) is 4.74 Å². The second-order valence-corrected chi connectivity index (χ2v) is 7.30. The highest BCUT2D eigenvalue weighted by Crippen LogP contribution is 2.38. The van der Waals surface area contributed by atoms with E-state index in [-0.39, 0.29) is 30.1 Å². The molecule has 0 aromatic heterocycles. The number of ether oxygens (including phenoxy) is 1. The quantitative estimate of drug-likeness (QED) is 0.755. The van der Waals surface area contributed by atoms with Gasteiger partial charge in [0.05, 0.1) is 12.2 Å². The van der Waals surface area contributed by atoms with Crippen LogP contribution in [-0.4, -0.2) is 72.4 Å². The first-order valence-corrected chi connectivity index (χ1v) is 8.87. The zero-order valence-corrected chi connectivity index (χ0v) is 14.7. The van der Waals surface area contributed by atoms with Crippen molar-refractivity contribution in [3.05, 3.63) is 12.7 Å². The molecule has 2 fully saturated rings. The summed E-state index contributed by atoms with van der Waals surface area (Å²) in [5, 5.41) is 10.6. The van der Waals surface area contributed by atoms with Crippen LogP contribution < -0.4 is 0 Å². The highest BCUT2D eigenvalue weighted by molar-refractivity contribution is 5.77. The van der Waals surface area contributed by atoms with Gasteiger partial charge in [-0.05, 0) is 39.5 Å². The minimum atomic E-state index is -0.316. The largest absolute Gasteiger partial charge is 0.392 e. The van der Waals surface area contributed by atoms with Gasteiger partial charge in [0, 0.05) is 38.1 Å². The summed E-state index contributed by atoms with van der Waals surface area (Å²) in [6.07, 6.45) is 5.40. The number of carbonyl (C=O) groups is 1. The van der Waals surface area contributed by atoms with Gasteiger partial charge in [0.15, 0.2) is 0 Å². The molecule has 0 unspecified atom stereocenters. The van der Waals surface area contributed by atoms with E-state index < -0.39 is 0 Å². The molecule has 0 saturated carbocycles. The van der Waals surface area contributed by atoms with Gasteiger partial charge in [0.2, 0.25) is 5.91 Å². The van der Waals surface area contributed by atoms with Crippen LogP contribution in [0.4, 0.5) is 0 Å². The smallest absolute Gasteiger partial charge is 0.248 e. The van der Waals surface area contributed by atoms with E-state index in [1.54, 1.807) is 0 Å². The van der Waals surface area contributed by atoms with Crippen LogP contribution >= 0.6 is 0 Å². The van der Waals surface area contributed by atoms with Gasteiger partial charge in [-0.2, -0.15) is 0 Å². The van der Waals surface area contributed by atoms with Gasteiger partial charge in [-0.25, -0.2) is 0 Å². The average molecular weight is 324 g/mol. The van der Waals surface area contributed by atoms with Gasteiger partial charge in [0.1, 0.15) is 6.61 Å². The van der Waals surface area contributed by atoms with Crippen molar-refractivity contribution < 1.29 is 14.6 Å². The van der Waals surface area contributed by atoms with E-state index in [9.17, 15) is 9.90 Å². The molecule has 2 aliphatic rings. The maximum absolute atomic E-state index is 12.4. The van der Waals surface area contributed by atoms with Crippen LogP contribution in [0.25, 0.3) is 0 Å². The van der Waals surface area contributed by atoms with Crippen LogP contribution in [0.3, 0.4) is 0 Å². The maximum Gasteiger partial charge on any atom is 0.248 e. The lowest BCUT2D eigenvalue weighted by atomic mass is 9.71. The summed E-state index contributed by atoms with van der Waals surface area (Å²) < 4.78 is 5.46. The Hall–Kier alpha value is -0.910. The SMILES string of the molecule is C=CCCN1CC[C@@H](O)[C@]2(CCCN(C(=O)COC(C)C)C2)C1. The van der Waals surface area contributed by atoms with E-state index >= 15 is 0 Å². The Bertz CT molecular complexity index is 413. The van der Waals surface area contributed by atoms with Crippen molar-refractivity contribution in [1.82, 2.24) is 9.80 Å². The van der Waals surface area contributed by atoms with Crippen molar-refractivity contribution in [2.75, 3.05) is 39.3 Å². The van der Waals surface area contributed by atoms with Gasteiger partial charge in [-0.15, -0.1) is 6.58 Å². The highest BCUT2D eigenvalue weighted by atomic mass is 16.5. The Morgan fingerprint density at radius 1 is 1.43 bits per heavy atom. The van der Waals surface area contributed by atoms with E-state index in [0.29, 0.717) is 6.54 Å². The Labute approximate surface area is 140 Å². The van der Waals surface area contributed by atoms with E-state index in [0.717, 1.165) is 51.9 Å². The Morgan fingerprint density at radius 2 is 2.22 bits per heavy atom. The molecule has 1 spiro atoms. The molecule has 0 radical (unpaired) electrons. The van der Waals surface area contributed by atoms with Gasteiger partial charge in [-0.1, -0.05) is 6.08 Å². The normalized spacial score (nSPS) is 29.2. The number of likely N-dealkylation sites (tertiary alicyclic amines) is 2. The molecule has 1 amide bonds. The summed E-state index contributed by atoms with van der Waals surface area (Å²) in [6, 6.07) is 0. The monoisotopic (exact) mass is 324 g/mol. The van der Waals surface area contributed by atoms with Crippen molar-refractivity contribution in [3.8, 4) is 0 Å². The van der Waals surface area contributed by atoms with E-state index in [1.807, 2.05) is 24.8 Å². The van der Waals surface area contributed by atoms with Gasteiger partial charge >= 0.3 is 0 Å². The number of hydrogen-bond donors (Lipinski definition) is 1. The first-order valence-electron chi connectivity index (χ1n) is 8.87. The number of nitrogens with zero attached hydrogens (tertiary/aromatic N) is 2. The standard InChI is InChI=1S/C18H32N2O3/c1-4-5-9-19-11-7-16(21)18(13-19)8-6-10-20(14-18)17(22)12-23-15(2)3/h4,15-16,21H,1,5-14H2,2-3H3/t16-,18-/m1/s1. The molecule has 2 rings (SSSR count). The summed E-state index contributed by atoms with van der Waals surface area (Å²) in [5.74, 6) is 0.0492. The summed E-state index contributed by atoms with van der Waals surface area (Å²) >= 11 is 0. The summed E-state index contributed by atoms with van der Waals surface area (Å²) in [7, 11) is 0.